The normalized spacial score (nSPS) is 13.4. The molecule has 0 bridgehead atoms. The molecule has 1 N–H and O–H groups in total. The summed E-state index contributed by atoms with van der Waals surface area (Å²) in [6.45, 7) is 2.45. The van der Waals surface area contributed by atoms with E-state index in [4.69, 9.17) is 14.2 Å². The van der Waals surface area contributed by atoms with E-state index in [0.717, 1.165) is 5.69 Å². The fourth-order valence-electron chi connectivity index (χ4n) is 2.74. The lowest BCUT2D eigenvalue weighted by Crippen LogP contribution is -2.30. The lowest BCUT2D eigenvalue weighted by molar-refractivity contribution is -0.123. The number of esters is 1. The van der Waals surface area contributed by atoms with Crippen LogP contribution in [0.25, 0.3) is 5.69 Å². The van der Waals surface area contributed by atoms with Crippen molar-refractivity contribution in [2.45, 2.75) is 13.0 Å². The number of hydrogen-bond acceptors (Lipinski definition) is 7. The van der Waals surface area contributed by atoms with Gasteiger partial charge in [0, 0.05) is 11.8 Å². The predicted octanol–water partition coefficient (Wildman–Crippen LogP) is 2.22. The van der Waals surface area contributed by atoms with Crippen LogP contribution in [0, 0.1) is 0 Å². The van der Waals surface area contributed by atoms with E-state index < -0.39 is 18.0 Å². The number of nitrogens with one attached hydrogen (secondary N) is 1. The van der Waals surface area contributed by atoms with Gasteiger partial charge in [-0.2, -0.15) is 5.10 Å². The van der Waals surface area contributed by atoms with Crippen LogP contribution in [-0.2, 0) is 9.53 Å². The second-order valence-corrected chi connectivity index (χ2v) is 6.28. The molecule has 29 heavy (non-hydrogen) atoms. The fourth-order valence-corrected chi connectivity index (χ4v) is 2.74. The Morgan fingerprint density at radius 3 is 2.59 bits per heavy atom. The van der Waals surface area contributed by atoms with Crippen LogP contribution in [0.5, 0.6) is 11.5 Å². The number of anilines is 1. The van der Waals surface area contributed by atoms with Crippen molar-refractivity contribution in [3.05, 3.63) is 60.7 Å². The first-order chi connectivity index (χ1) is 14.1. The average Bonchev–Trinajstić information content (AvgIpc) is 3.28. The van der Waals surface area contributed by atoms with Crippen LogP contribution < -0.4 is 14.8 Å². The zero-order valence-electron chi connectivity index (χ0n) is 15.6. The first kappa shape index (κ1) is 18.5. The monoisotopic (exact) mass is 394 g/mol. The molecule has 9 nitrogen and oxygen atoms in total. The molecule has 0 aliphatic carbocycles. The van der Waals surface area contributed by atoms with E-state index in [1.807, 2.05) is 0 Å². The maximum atomic E-state index is 12.4. The largest absolute Gasteiger partial charge is 0.486 e. The molecule has 9 heteroatoms. The smallest absolute Gasteiger partial charge is 0.338 e. The Kier molecular flexibility index (Phi) is 5.10. The molecular formula is C20H18N4O5. The molecule has 4 rings (SSSR count). The van der Waals surface area contributed by atoms with Crippen molar-refractivity contribution in [1.82, 2.24) is 14.8 Å². The van der Waals surface area contributed by atoms with Gasteiger partial charge in [0.15, 0.2) is 17.6 Å². The molecule has 0 saturated heterocycles. The molecule has 0 spiro atoms. The Labute approximate surface area is 166 Å². The average molecular weight is 394 g/mol. The van der Waals surface area contributed by atoms with E-state index in [0.29, 0.717) is 36.0 Å². The highest BCUT2D eigenvalue weighted by atomic mass is 16.6. The Bertz CT molecular complexity index is 1020. The number of benzene rings is 2. The van der Waals surface area contributed by atoms with Crippen molar-refractivity contribution < 1.29 is 23.8 Å². The molecule has 1 atom stereocenters. The number of hydrogen-bond donors (Lipinski definition) is 1. The van der Waals surface area contributed by atoms with Crippen LogP contribution in [0.15, 0.2) is 55.1 Å². The van der Waals surface area contributed by atoms with Gasteiger partial charge < -0.3 is 19.5 Å². The molecule has 3 aromatic rings. The van der Waals surface area contributed by atoms with E-state index in [1.54, 1.807) is 53.5 Å². The molecule has 0 unspecified atom stereocenters. The number of nitrogens with zero attached hydrogens (tertiary/aromatic N) is 3. The molecular weight excluding hydrogens is 376 g/mol. The minimum Gasteiger partial charge on any atom is -0.486 e. The summed E-state index contributed by atoms with van der Waals surface area (Å²) >= 11 is 0. The summed E-state index contributed by atoms with van der Waals surface area (Å²) in [6, 6.07) is 11.7. The first-order valence-corrected chi connectivity index (χ1v) is 8.97. The Morgan fingerprint density at radius 1 is 1.10 bits per heavy atom. The summed E-state index contributed by atoms with van der Waals surface area (Å²) in [5.74, 6) is 0.142. The summed E-state index contributed by atoms with van der Waals surface area (Å²) in [7, 11) is 0. The van der Waals surface area contributed by atoms with Gasteiger partial charge in [-0.3, -0.25) is 4.79 Å². The van der Waals surface area contributed by atoms with Crippen LogP contribution in [0.2, 0.25) is 0 Å². The highest BCUT2D eigenvalue weighted by Crippen LogP contribution is 2.32. The van der Waals surface area contributed by atoms with Crippen LogP contribution in [0.4, 0.5) is 5.69 Å². The zero-order chi connectivity index (χ0) is 20.2. The van der Waals surface area contributed by atoms with Crippen molar-refractivity contribution in [3.8, 4) is 17.2 Å². The highest BCUT2D eigenvalue weighted by molar-refractivity contribution is 5.97. The fraction of sp³-hybridized carbons (Fsp3) is 0.200. The maximum Gasteiger partial charge on any atom is 0.338 e. The third-order valence-corrected chi connectivity index (χ3v) is 4.25. The van der Waals surface area contributed by atoms with E-state index in [2.05, 4.69) is 15.4 Å². The molecule has 2 heterocycles. The molecule has 1 amide bonds. The Morgan fingerprint density at radius 2 is 1.86 bits per heavy atom. The van der Waals surface area contributed by atoms with Crippen molar-refractivity contribution in [2.24, 2.45) is 0 Å². The minimum absolute atomic E-state index is 0.327. The molecule has 2 aromatic carbocycles. The summed E-state index contributed by atoms with van der Waals surface area (Å²) < 4.78 is 17.8. The Hall–Kier alpha value is -3.88. The summed E-state index contributed by atoms with van der Waals surface area (Å²) in [4.78, 5) is 28.6. The van der Waals surface area contributed by atoms with Gasteiger partial charge in [0.1, 0.15) is 25.9 Å². The minimum atomic E-state index is -0.981. The van der Waals surface area contributed by atoms with E-state index >= 15 is 0 Å². The van der Waals surface area contributed by atoms with Gasteiger partial charge >= 0.3 is 5.97 Å². The van der Waals surface area contributed by atoms with Gasteiger partial charge in [-0.05, 0) is 43.3 Å². The number of fused-ring (bicyclic) bond motifs is 1. The van der Waals surface area contributed by atoms with Crippen molar-refractivity contribution in [3.63, 3.8) is 0 Å². The molecule has 1 aromatic heterocycles. The van der Waals surface area contributed by atoms with E-state index in [9.17, 15) is 9.59 Å². The van der Waals surface area contributed by atoms with Gasteiger partial charge in [-0.25, -0.2) is 14.5 Å². The predicted molar refractivity (Wildman–Crippen MR) is 102 cm³/mol. The van der Waals surface area contributed by atoms with Gasteiger partial charge in [0.2, 0.25) is 0 Å². The topological polar surface area (TPSA) is 105 Å². The van der Waals surface area contributed by atoms with Crippen LogP contribution >= 0.6 is 0 Å². The van der Waals surface area contributed by atoms with Crippen molar-refractivity contribution in [1.29, 1.82) is 0 Å². The maximum absolute atomic E-state index is 12.4. The van der Waals surface area contributed by atoms with Gasteiger partial charge in [0.05, 0.1) is 11.3 Å². The van der Waals surface area contributed by atoms with Crippen molar-refractivity contribution in [2.75, 3.05) is 18.5 Å². The zero-order valence-corrected chi connectivity index (χ0v) is 15.6. The summed E-state index contributed by atoms with van der Waals surface area (Å²) in [6.07, 6.45) is 1.99. The van der Waals surface area contributed by atoms with Gasteiger partial charge in [-0.15, -0.1) is 0 Å². The molecule has 0 radical (unpaired) electrons. The molecule has 148 valence electrons. The van der Waals surface area contributed by atoms with Gasteiger partial charge in [0.25, 0.3) is 5.91 Å². The molecule has 0 saturated carbocycles. The number of carbonyl (C=O) groups is 2. The molecule has 1 aliphatic heterocycles. The number of aromatic nitrogens is 3. The highest BCUT2D eigenvalue weighted by Gasteiger charge is 2.20. The number of carbonyl (C=O) groups excluding carboxylic acids is 2. The third-order valence-electron chi connectivity index (χ3n) is 4.25. The van der Waals surface area contributed by atoms with Crippen LogP contribution in [-0.4, -0.2) is 46.0 Å². The van der Waals surface area contributed by atoms with E-state index in [1.165, 1.54) is 13.3 Å². The molecule has 0 fully saturated rings. The standard InChI is InChI=1S/C20H18N4O5/c1-13(19(25)23-15-4-7-17-18(10-15)28-9-8-27-17)29-20(26)14-2-5-16(6-3-14)24-12-21-11-22-24/h2-7,10-13H,8-9H2,1H3,(H,23,25)/t13-/m1/s1. The quantitative estimate of drug-likeness (QED) is 0.662. The third kappa shape index (κ3) is 4.18. The second kappa shape index (κ2) is 8.01. The lowest BCUT2D eigenvalue weighted by Gasteiger charge is -2.19. The Balaban J connectivity index is 1.36. The van der Waals surface area contributed by atoms with E-state index in [-0.39, 0.29) is 0 Å². The molecule has 1 aliphatic rings. The summed E-state index contributed by atoms with van der Waals surface area (Å²) in [5.41, 5.74) is 1.61. The second-order valence-electron chi connectivity index (χ2n) is 6.28. The summed E-state index contributed by atoms with van der Waals surface area (Å²) in [5, 5.41) is 6.73. The number of rotatable bonds is 5. The number of amides is 1. The first-order valence-electron chi connectivity index (χ1n) is 8.97. The SMILES string of the molecule is C[C@@H](OC(=O)c1ccc(-n2cncn2)cc1)C(=O)Nc1ccc2c(c1)OCCO2. The van der Waals surface area contributed by atoms with Crippen LogP contribution in [0.3, 0.4) is 0 Å². The lowest BCUT2D eigenvalue weighted by atomic mass is 10.2. The van der Waals surface area contributed by atoms with Gasteiger partial charge in [-0.1, -0.05) is 0 Å². The van der Waals surface area contributed by atoms with Crippen LogP contribution in [0.1, 0.15) is 17.3 Å². The van der Waals surface area contributed by atoms with Crippen molar-refractivity contribution >= 4 is 17.6 Å². The number of ether oxygens (including phenoxy) is 3.